The van der Waals surface area contributed by atoms with Crippen LogP contribution in [0, 0.1) is 11.3 Å². The highest BCUT2D eigenvalue weighted by Crippen LogP contribution is 2.23. The average molecular weight is 227 g/mol. The molecule has 86 valence electrons. The Kier molecular flexibility index (Phi) is 2.97. The highest BCUT2D eigenvalue weighted by molar-refractivity contribution is 5.68. The number of imidazole rings is 1. The maximum absolute atomic E-state index is 8.74. The van der Waals surface area contributed by atoms with E-state index in [9.17, 15) is 0 Å². The van der Waals surface area contributed by atoms with Crippen molar-refractivity contribution in [2.75, 3.05) is 11.1 Å². The van der Waals surface area contributed by atoms with Crippen LogP contribution in [0.15, 0.2) is 30.6 Å². The van der Waals surface area contributed by atoms with Crippen LogP contribution >= 0.6 is 0 Å². The third-order valence-electron chi connectivity index (χ3n) is 2.48. The lowest BCUT2D eigenvalue weighted by molar-refractivity contribution is 0.811. The summed E-state index contributed by atoms with van der Waals surface area (Å²) in [5.74, 6) is 0.841. The molecule has 2 aromatic rings. The molecule has 2 rings (SSSR count). The Hall–Kier alpha value is -2.48. The molecule has 0 aliphatic rings. The molecule has 0 aliphatic carbocycles. The van der Waals surface area contributed by atoms with Crippen molar-refractivity contribution in [3.8, 4) is 6.07 Å². The smallest absolute Gasteiger partial charge is 0.128 e. The number of H-pyrrole nitrogens is 1. The number of hydrogen-bond acceptors (Lipinski definition) is 4. The van der Waals surface area contributed by atoms with Gasteiger partial charge in [0, 0.05) is 12.4 Å². The second-order valence-corrected chi connectivity index (χ2v) is 3.75. The Morgan fingerprint density at radius 1 is 1.53 bits per heavy atom. The van der Waals surface area contributed by atoms with Crippen molar-refractivity contribution in [1.82, 2.24) is 9.97 Å². The van der Waals surface area contributed by atoms with Crippen LogP contribution in [0.2, 0.25) is 0 Å². The van der Waals surface area contributed by atoms with E-state index in [1.54, 1.807) is 30.6 Å². The number of hydrogen-bond donors (Lipinski definition) is 3. The number of anilines is 2. The minimum Gasteiger partial charge on any atom is -0.397 e. The summed E-state index contributed by atoms with van der Waals surface area (Å²) in [4.78, 5) is 7.20. The molecule has 1 unspecified atom stereocenters. The number of nitrogens with zero attached hydrogens (tertiary/aromatic N) is 2. The molecular formula is C12H13N5. The second-order valence-electron chi connectivity index (χ2n) is 3.75. The van der Waals surface area contributed by atoms with Crippen molar-refractivity contribution >= 4 is 11.4 Å². The number of nitrogens with two attached hydrogens (primary N) is 1. The van der Waals surface area contributed by atoms with Gasteiger partial charge in [0.1, 0.15) is 5.82 Å². The Morgan fingerprint density at radius 2 is 2.35 bits per heavy atom. The third kappa shape index (κ3) is 2.37. The number of benzene rings is 1. The summed E-state index contributed by atoms with van der Waals surface area (Å²) in [7, 11) is 0. The first-order valence-electron chi connectivity index (χ1n) is 5.26. The highest BCUT2D eigenvalue weighted by atomic mass is 15.0. The van der Waals surface area contributed by atoms with Gasteiger partial charge in [-0.05, 0) is 25.1 Å². The number of rotatable bonds is 3. The lowest BCUT2D eigenvalue weighted by atomic mass is 10.1. The molecule has 1 heterocycles. The van der Waals surface area contributed by atoms with Gasteiger partial charge in [-0.15, -0.1) is 0 Å². The van der Waals surface area contributed by atoms with E-state index in [0.717, 1.165) is 11.5 Å². The van der Waals surface area contributed by atoms with E-state index in [2.05, 4.69) is 15.3 Å². The van der Waals surface area contributed by atoms with Crippen LogP contribution in [0.25, 0.3) is 0 Å². The van der Waals surface area contributed by atoms with Crippen LogP contribution in [0.4, 0.5) is 11.4 Å². The number of aromatic nitrogens is 2. The molecule has 0 bridgehead atoms. The van der Waals surface area contributed by atoms with Crippen molar-refractivity contribution in [2.45, 2.75) is 13.0 Å². The quantitative estimate of drug-likeness (QED) is 0.700. The first-order chi connectivity index (χ1) is 8.20. The fourth-order valence-electron chi connectivity index (χ4n) is 1.58. The van der Waals surface area contributed by atoms with E-state index in [4.69, 9.17) is 11.0 Å². The van der Waals surface area contributed by atoms with E-state index in [0.29, 0.717) is 11.3 Å². The molecule has 1 atom stereocenters. The fourth-order valence-corrected chi connectivity index (χ4v) is 1.58. The summed E-state index contributed by atoms with van der Waals surface area (Å²) in [6, 6.07) is 7.26. The normalized spacial score (nSPS) is 11.8. The van der Waals surface area contributed by atoms with Crippen molar-refractivity contribution < 1.29 is 0 Å². The number of aromatic amines is 1. The van der Waals surface area contributed by atoms with E-state index >= 15 is 0 Å². The van der Waals surface area contributed by atoms with Gasteiger partial charge in [0.15, 0.2) is 0 Å². The van der Waals surface area contributed by atoms with Crippen LogP contribution in [-0.4, -0.2) is 9.97 Å². The Morgan fingerprint density at radius 3 is 2.94 bits per heavy atom. The molecule has 0 radical (unpaired) electrons. The average Bonchev–Trinajstić information content (AvgIpc) is 2.85. The Labute approximate surface area is 99.3 Å². The number of nitrogen functional groups attached to an aromatic ring is 1. The molecule has 0 saturated heterocycles. The zero-order valence-electron chi connectivity index (χ0n) is 9.44. The molecule has 4 N–H and O–H groups in total. The van der Waals surface area contributed by atoms with Crippen molar-refractivity contribution in [3.05, 3.63) is 42.0 Å². The highest BCUT2D eigenvalue weighted by Gasteiger charge is 2.09. The topological polar surface area (TPSA) is 90.5 Å². The molecule has 1 aromatic carbocycles. The fraction of sp³-hybridized carbons (Fsp3) is 0.167. The number of nitriles is 1. The minimum atomic E-state index is 0.0280. The first kappa shape index (κ1) is 11.0. The van der Waals surface area contributed by atoms with E-state index < -0.39 is 0 Å². The Bertz CT molecular complexity index is 539. The third-order valence-corrected chi connectivity index (χ3v) is 2.48. The standard InChI is InChI=1S/C12H13N5/c1-8(12-15-4-5-16-12)17-11-3-2-9(7-13)6-10(11)14/h2-6,8,17H,14H2,1H3,(H,15,16). The summed E-state index contributed by atoms with van der Waals surface area (Å²) in [5, 5.41) is 12.0. The second kappa shape index (κ2) is 4.58. The van der Waals surface area contributed by atoms with Crippen LogP contribution in [0.1, 0.15) is 24.4 Å². The van der Waals surface area contributed by atoms with E-state index in [-0.39, 0.29) is 6.04 Å². The van der Waals surface area contributed by atoms with Gasteiger partial charge in [-0.1, -0.05) is 0 Å². The van der Waals surface area contributed by atoms with Gasteiger partial charge in [-0.25, -0.2) is 4.98 Å². The monoisotopic (exact) mass is 227 g/mol. The van der Waals surface area contributed by atoms with E-state index in [1.807, 2.05) is 13.0 Å². The molecule has 0 saturated carbocycles. The van der Waals surface area contributed by atoms with E-state index in [1.165, 1.54) is 0 Å². The minimum absolute atomic E-state index is 0.0280. The number of nitrogens with one attached hydrogen (secondary N) is 2. The van der Waals surface area contributed by atoms with Gasteiger partial charge in [0.25, 0.3) is 0 Å². The lowest BCUT2D eigenvalue weighted by Crippen LogP contribution is -2.09. The largest absolute Gasteiger partial charge is 0.397 e. The molecule has 0 fully saturated rings. The zero-order valence-corrected chi connectivity index (χ0v) is 9.44. The van der Waals surface area contributed by atoms with Gasteiger partial charge in [0.2, 0.25) is 0 Å². The molecule has 0 spiro atoms. The summed E-state index contributed by atoms with van der Waals surface area (Å²) in [6.07, 6.45) is 3.48. The molecule has 17 heavy (non-hydrogen) atoms. The Balaban J connectivity index is 2.17. The van der Waals surface area contributed by atoms with Gasteiger partial charge < -0.3 is 16.0 Å². The molecular weight excluding hydrogens is 214 g/mol. The predicted octanol–water partition coefficient (Wildman–Crippen LogP) is 2.04. The maximum Gasteiger partial charge on any atom is 0.128 e. The van der Waals surface area contributed by atoms with Crippen LogP contribution in [-0.2, 0) is 0 Å². The van der Waals surface area contributed by atoms with Crippen LogP contribution in [0.5, 0.6) is 0 Å². The lowest BCUT2D eigenvalue weighted by Gasteiger charge is -2.14. The predicted molar refractivity (Wildman–Crippen MR) is 66.2 cm³/mol. The van der Waals surface area contributed by atoms with Crippen molar-refractivity contribution in [2.24, 2.45) is 0 Å². The SMILES string of the molecule is CC(Nc1ccc(C#N)cc1N)c1ncc[nH]1. The molecule has 5 heteroatoms. The van der Waals surface area contributed by atoms with Gasteiger partial charge >= 0.3 is 0 Å². The molecule has 1 aromatic heterocycles. The summed E-state index contributed by atoms with van der Waals surface area (Å²) in [6.45, 7) is 1.98. The van der Waals surface area contributed by atoms with Gasteiger partial charge in [0.05, 0.1) is 29.0 Å². The summed E-state index contributed by atoms with van der Waals surface area (Å²) >= 11 is 0. The molecule has 5 nitrogen and oxygen atoms in total. The molecule has 0 aliphatic heterocycles. The van der Waals surface area contributed by atoms with Crippen LogP contribution < -0.4 is 11.1 Å². The van der Waals surface area contributed by atoms with Crippen molar-refractivity contribution in [3.63, 3.8) is 0 Å². The summed E-state index contributed by atoms with van der Waals surface area (Å²) < 4.78 is 0. The van der Waals surface area contributed by atoms with Crippen LogP contribution in [0.3, 0.4) is 0 Å². The van der Waals surface area contributed by atoms with Gasteiger partial charge in [-0.2, -0.15) is 5.26 Å². The first-order valence-corrected chi connectivity index (χ1v) is 5.26. The van der Waals surface area contributed by atoms with Gasteiger partial charge in [-0.3, -0.25) is 0 Å². The zero-order chi connectivity index (χ0) is 12.3. The van der Waals surface area contributed by atoms with Crippen molar-refractivity contribution in [1.29, 1.82) is 5.26 Å². The summed E-state index contributed by atoms with van der Waals surface area (Å²) in [5.41, 5.74) is 7.77. The maximum atomic E-state index is 8.74. The molecule has 0 amide bonds.